The summed E-state index contributed by atoms with van der Waals surface area (Å²) >= 11 is 14.8. The maximum Gasteiger partial charge on any atom is 0.213 e. The first kappa shape index (κ1) is 76.0. The fourth-order valence-electron chi connectivity index (χ4n) is 10.1. The first-order chi connectivity index (χ1) is 48.8. The van der Waals surface area contributed by atoms with Gasteiger partial charge in [-0.3, -0.25) is 0 Å². The van der Waals surface area contributed by atoms with Crippen LogP contribution in [0.5, 0.6) is 0 Å². The highest BCUT2D eigenvalue weighted by Gasteiger charge is 2.28. The van der Waals surface area contributed by atoms with E-state index >= 15 is 0 Å². The zero-order valence-corrected chi connectivity index (χ0v) is 64.2. The van der Waals surface area contributed by atoms with E-state index in [4.69, 9.17) is 37.9 Å². The van der Waals surface area contributed by atoms with Gasteiger partial charge in [-0.15, -0.1) is 57.1 Å². The average molecular weight is 1530 g/mol. The molecule has 0 radical (unpaired) electrons. The molecule has 1 aliphatic heterocycles. The summed E-state index contributed by atoms with van der Waals surface area (Å²) < 4.78 is 40.2. The molecule has 0 fully saturated rings. The smallest absolute Gasteiger partial charge is 0.213 e. The van der Waals surface area contributed by atoms with Crippen LogP contribution in [0.25, 0.3) is 31.7 Å². The molecule has 13 rings (SSSR count). The van der Waals surface area contributed by atoms with Crippen LogP contribution in [0.4, 0.5) is 36.4 Å². The van der Waals surface area contributed by atoms with Gasteiger partial charge in [-0.05, 0) is 95.7 Å². The van der Waals surface area contributed by atoms with Crippen molar-refractivity contribution in [2.75, 3.05) is 22.9 Å². The number of halogens is 3. The Morgan fingerprint density at radius 3 is 1.19 bits per heavy atom. The first-order valence-electron chi connectivity index (χ1n) is 32.4. The number of hydrogen-bond donors (Lipinski definition) is 4. The van der Waals surface area contributed by atoms with Crippen molar-refractivity contribution in [3.8, 4) is 31.7 Å². The third-order valence-electron chi connectivity index (χ3n) is 14.6. The molecule has 1 unspecified atom stereocenters. The molecule has 18 nitrogen and oxygen atoms in total. The number of nitrogen functional groups attached to an aromatic ring is 4. The molecular formula is C71H75F3N18S9. The number of thiazole rings is 4. The zero-order chi connectivity index (χ0) is 71.5. The Morgan fingerprint density at radius 1 is 0.416 bits per heavy atom. The molecule has 11 heterocycles. The van der Waals surface area contributed by atoms with Gasteiger partial charge in [0.15, 0.2) is 20.6 Å². The number of rotatable bonds is 23. The minimum atomic E-state index is -0.500. The second-order valence-electron chi connectivity index (χ2n) is 22.9. The molecule has 101 heavy (non-hydrogen) atoms. The predicted molar refractivity (Wildman–Crippen MR) is 413 cm³/mol. The second-order valence-corrected chi connectivity index (χ2v) is 32.3. The highest BCUT2D eigenvalue weighted by atomic mass is 32.2. The minimum absolute atomic E-state index is 0.246. The Balaban J connectivity index is 0.000000145. The monoisotopic (exact) mass is 1520 g/mol. The van der Waals surface area contributed by atoms with Gasteiger partial charge in [0.1, 0.15) is 49.1 Å². The first-order valence-corrected chi connectivity index (χ1v) is 40.5. The lowest BCUT2D eigenvalue weighted by molar-refractivity contribution is 0.584. The SMILES string of the molecule is CCCc1sc(-c2cccc(F)c2)nc1CSc1nc(C)cc(N)n1.CCCc1sc(-c2ccnc(F)c2)nc1CSc1nc(C)cc(N)n1.CCCc1sc(C2Cc3ccccc3S2)nc1CSc1nc(C)cc(N)n1.CCc1sc(-c2ccnc(F)c2)nc1CSc1nc(C)cc(N)n1. The lowest BCUT2D eigenvalue weighted by Crippen LogP contribution is -1.98. The Bertz CT molecular complexity index is 4510. The number of nitrogens with two attached hydrogens (primary N) is 4. The third-order valence-corrected chi connectivity index (χ3v) is 24.5. The van der Waals surface area contributed by atoms with Gasteiger partial charge in [0.2, 0.25) is 11.9 Å². The van der Waals surface area contributed by atoms with Crippen LogP contribution in [0.2, 0.25) is 0 Å². The summed E-state index contributed by atoms with van der Waals surface area (Å²) in [7, 11) is 0. The maximum atomic E-state index is 13.5. The fourth-order valence-corrected chi connectivity index (χ4v) is 20.0. The Hall–Kier alpha value is -7.68. The van der Waals surface area contributed by atoms with Crippen molar-refractivity contribution in [2.45, 2.75) is 161 Å². The summed E-state index contributed by atoms with van der Waals surface area (Å²) in [5, 5.41) is 6.81. The lowest BCUT2D eigenvalue weighted by Gasteiger charge is -2.03. The molecule has 0 saturated carbocycles. The summed E-state index contributed by atoms with van der Waals surface area (Å²) in [4.78, 5) is 67.5. The van der Waals surface area contributed by atoms with Gasteiger partial charge in [-0.2, -0.15) is 8.78 Å². The molecular weight excluding hydrogens is 1450 g/mol. The minimum Gasteiger partial charge on any atom is -0.384 e. The molecule has 30 heteroatoms. The van der Waals surface area contributed by atoms with Crippen LogP contribution in [-0.4, -0.2) is 69.8 Å². The summed E-state index contributed by atoms with van der Waals surface area (Å²) in [6.45, 7) is 16.2. The number of aromatic nitrogens is 14. The van der Waals surface area contributed by atoms with E-state index in [9.17, 15) is 13.2 Å². The molecule has 0 saturated heterocycles. The van der Waals surface area contributed by atoms with Crippen LogP contribution in [0, 0.1) is 45.4 Å². The van der Waals surface area contributed by atoms with Crippen LogP contribution >= 0.6 is 104 Å². The number of aryl methyl sites for hydroxylation is 8. The van der Waals surface area contributed by atoms with Crippen LogP contribution in [0.15, 0.2) is 135 Å². The van der Waals surface area contributed by atoms with Gasteiger partial charge < -0.3 is 22.9 Å². The number of hydrogen-bond acceptors (Lipinski definition) is 27. The third kappa shape index (κ3) is 22.2. The molecule has 1 atom stereocenters. The molecule has 10 aromatic heterocycles. The van der Waals surface area contributed by atoms with E-state index in [-0.39, 0.29) is 5.82 Å². The highest BCUT2D eigenvalue weighted by Crippen LogP contribution is 2.48. The highest BCUT2D eigenvalue weighted by molar-refractivity contribution is 8.00. The number of nitrogens with zero attached hydrogens (tertiary/aromatic N) is 14. The molecule has 12 aromatic rings. The van der Waals surface area contributed by atoms with Gasteiger partial charge in [0.05, 0.1) is 28.0 Å². The Morgan fingerprint density at radius 2 is 0.802 bits per heavy atom. The summed E-state index contributed by atoms with van der Waals surface area (Å²) in [6.07, 6.45) is 11.0. The van der Waals surface area contributed by atoms with E-state index in [1.807, 2.05) is 56.9 Å². The van der Waals surface area contributed by atoms with Gasteiger partial charge >= 0.3 is 0 Å². The molecule has 524 valence electrons. The Labute approximate surface area is 623 Å². The lowest BCUT2D eigenvalue weighted by atomic mass is 10.1. The summed E-state index contributed by atoms with van der Waals surface area (Å²) in [6, 6.07) is 28.6. The van der Waals surface area contributed by atoms with Crippen LogP contribution < -0.4 is 22.9 Å². The number of benzene rings is 2. The average Bonchev–Trinajstić information content (AvgIpc) is 1.66. The topological polar surface area (TPSA) is 285 Å². The number of pyridine rings is 2. The van der Waals surface area contributed by atoms with Gasteiger partial charge in [0, 0.05) is 136 Å². The van der Waals surface area contributed by atoms with E-state index in [2.05, 4.69) is 107 Å². The summed E-state index contributed by atoms with van der Waals surface area (Å²) in [5.74, 6) is 3.46. The Kier molecular flexibility index (Phi) is 27.8. The predicted octanol–water partition coefficient (Wildman–Crippen LogP) is 18.5. The van der Waals surface area contributed by atoms with Crippen molar-refractivity contribution in [1.82, 2.24) is 69.8 Å². The molecule has 1 aliphatic rings. The van der Waals surface area contributed by atoms with Crippen molar-refractivity contribution >= 4 is 127 Å². The largest absolute Gasteiger partial charge is 0.384 e. The second kappa shape index (κ2) is 37.0. The fraction of sp³-hybridized carbons (Fsp3) is 0.296. The molecule has 0 amide bonds. The van der Waals surface area contributed by atoms with Crippen molar-refractivity contribution in [3.05, 3.63) is 203 Å². The van der Waals surface area contributed by atoms with Crippen molar-refractivity contribution in [2.24, 2.45) is 0 Å². The van der Waals surface area contributed by atoms with Gasteiger partial charge in [0.25, 0.3) is 0 Å². The molecule has 0 bridgehead atoms. The van der Waals surface area contributed by atoms with Crippen molar-refractivity contribution < 1.29 is 13.2 Å². The number of anilines is 4. The van der Waals surface area contributed by atoms with Crippen molar-refractivity contribution in [3.63, 3.8) is 0 Å². The normalized spacial score (nSPS) is 12.3. The molecule has 0 aliphatic carbocycles. The van der Waals surface area contributed by atoms with Crippen molar-refractivity contribution in [1.29, 1.82) is 0 Å². The quantitative estimate of drug-likeness (QED) is 0.0263. The van der Waals surface area contributed by atoms with E-state index in [0.29, 0.717) is 61.2 Å². The van der Waals surface area contributed by atoms with E-state index in [1.165, 1.54) is 113 Å². The molecule has 8 N–H and O–H groups in total. The summed E-state index contributed by atoms with van der Waals surface area (Å²) in [5.41, 5.74) is 34.5. The van der Waals surface area contributed by atoms with Crippen LogP contribution in [-0.2, 0) is 55.1 Å². The molecule has 0 spiro atoms. The standard InChI is InChI=1S/C20H22N4S3.C18H19FN4S2.C17H18FN5S2.C16H16FN5S2/c1-3-6-16-14(11-25-20-22-12(2)9-18(21)24-20)23-19(27-16)17-10-13-7-4-5-8-15(13)26-17;1-3-5-15-14(10-24-18-21-11(2)8-16(20)23-18)22-17(25-15)12-6-4-7-13(19)9-12;1-3-4-13-12(9-24-17-21-10(2)7-15(19)23-17)22-16(25-13)11-5-6-20-14(18)8-11;1-3-12-11(8-23-16-20-9(2)6-14(18)22-16)21-15(24-12)10-4-5-19-13(17)7-10/h4-5,7-9,17H,3,6,10-11H2,1-2H3,(H2,21,22,24);4,6-9H,3,5,10H2,1-2H3,(H2,20,21,23);5-8H,3-4,9H2,1-2H3,(H2,19,21,23);4-7H,3,8H2,1-2H3,(H2,18,20,22). The number of fused-ring (bicyclic) bond motifs is 1. The zero-order valence-electron chi connectivity index (χ0n) is 56.8. The van der Waals surface area contributed by atoms with Crippen LogP contribution in [0.3, 0.4) is 0 Å². The maximum absolute atomic E-state index is 13.5. The number of thioether (sulfide) groups is 5. The molecule has 2 aromatic carbocycles. The van der Waals surface area contributed by atoms with Crippen LogP contribution in [0.1, 0.15) is 128 Å². The van der Waals surface area contributed by atoms with Gasteiger partial charge in [-0.25, -0.2) is 74.2 Å². The van der Waals surface area contributed by atoms with Gasteiger partial charge in [-0.1, -0.05) is 124 Å². The van der Waals surface area contributed by atoms with E-state index in [0.717, 1.165) is 134 Å². The van der Waals surface area contributed by atoms with E-state index in [1.54, 1.807) is 88.2 Å². The van der Waals surface area contributed by atoms with E-state index < -0.39 is 11.9 Å².